The van der Waals surface area contributed by atoms with Crippen molar-refractivity contribution in [2.45, 2.75) is 31.5 Å². The van der Waals surface area contributed by atoms with Crippen molar-refractivity contribution in [3.05, 3.63) is 120 Å². The maximum atomic E-state index is 13.3. The van der Waals surface area contributed by atoms with Gasteiger partial charge in [0.1, 0.15) is 18.7 Å². The quantitative estimate of drug-likeness (QED) is 0.310. The molecule has 4 N–H and O–H groups in total. The van der Waals surface area contributed by atoms with Crippen molar-refractivity contribution in [1.82, 2.24) is 10.6 Å². The fourth-order valence-electron chi connectivity index (χ4n) is 4.06. The van der Waals surface area contributed by atoms with Crippen LogP contribution in [0, 0.1) is 0 Å². The van der Waals surface area contributed by atoms with Crippen molar-refractivity contribution in [1.29, 1.82) is 0 Å². The zero-order valence-corrected chi connectivity index (χ0v) is 20.3. The van der Waals surface area contributed by atoms with Gasteiger partial charge in [0.2, 0.25) is 11.8 Å². The maximum Gasteiger partial charge on any atom is 0.408 e. The van der Waals surface area contributed by atoms with E-state index in [0.717, 1.165) is 27.5 Å². The monoisotopic (exact) mass is 495 g/mol. The summed E-state index contributed by atoms with van der Waals surface area (Å²) >= 11 is 0. The molecule has 0 aliphatic rings. The van der Waals surface area contributed by atoms with Crippen molar-refractivity contribution in [3.63, 3.8) is 0 Å². The van der Waals surface area contributed by atoms with E-state index in [1.54, 1.807) is 0 Å². The lowest BCUT2D eigenvalue weighted by Gasteiger charge is -2.22. The largest absolute Gasteiger partial charge is 0.445 e. The number of alkyl carbamates (subject to hydrolysis) is 1. The van der Waals surface area contributed by atoms with E-state index in [9.17, 15) is 14.4 Å². The summed E-state index contributed by atoms with van der Waals surface area (Å²) in [5.41, 5.74) is 8.17. The van der Waals surface area contributed by atoms with Crippen LogP contribution in [0.3, 0.4) is 0 Å². The van der Waals surface area contributed by atoms with E-state index in [0.29, 0.717) is 0 Å². The van der Waals surface area contributed by atoms with Crippen molar-refractivity contribution >= 4 is 28.7 Å². The number of nitrogens with two attached hydrogens (primary N) is 1. The van der Waals surface area contributed by atoms with E-state index in [-0.39, 0.29) is 19.4 Å². The number of hydrogen-bond acceptors (Lipinski definition) is 4. The van der Waals surface area contributed by atoms with Gasteiger partial charge in [-0.25, -0.2) is 4.79 Å². The van der Waals surface area contributed by atoms with E-state index < -0.39 is 30.0 Å². The van der Waals surface area contributed by atoms with Gasteiger partial charge >= 0.3 is 6.09 Å². The second-order valence-electron chi connectivity index (χ2n) is 8.80. The minimum absolute atomic E-state index is 0.0677. The Labute approximate surface area is 215 Å². The lowest BCUT2D eigenvalue weighted by atomic mass is 10.0. The first-order valence-corrected chi connectivity index (χ1v) is 12.1. The number of hydrogen-bond donors (Lipinski definition) is 3. The van der Waals surface area contributed by atoms with E-state index in [1.165, 1.54) is 0 Å². The summed E-state index contributed by atoms with van der Waals surface area (Å²) in [6.45, 7) is 0.0677. The van der Waals surface area contributed by atoms with E-state index in [4.69, 9.17) is 10.5 Å². The van der Waals surface area contributed by atoms with Crippen LogP contribution in [0.5, 0.6) is 0 Å². The molecule has 0 fully saturated rings. The molecule has 4 aromatic rings. The highest BCUT2D eigenvalue weighted by Gasteiger charge is 2.27. The highest BCUT2D eigenvalue weighted by Crippen LogP contribution is 2.17. The Morgan fingerprint density at radius 2 is 1.24 bits per heavy atom. The average Bonchev–Trinajstić information content (AvgIpc) is 2.92. The highest BCUT2D eigenvalue weighted by molar-refractivity contribution is 5.91. The Balaban J connectivity index is 1.45. The van der Waals surface area contributed by atoms with Crippen molar-refractivity contribution < 1.29 is 19.1 Å². The summed E-state index contributed by atoms with van der Waals surface area (Å²) in [6.07, 6.45) is -0.290. The van der Waals surface area contributed by atoms with E-state index in [2.05, 4.69) is 10.6 Å². The number of benzene rings is 4. The lowest BCUT2D eigenvalue weighted by Crippen LogP contribution is -2.54. The van der Waals surface area contributed by atoms with Crippen LogP contribution in [-0.2, 0) is 33.8 Å². The predicted octanol–water partition coefficient (Wildman–Crippen LogP) is 3.89. The summed E-state index contributed by atoms with van der Waals surface area (Å²) in [5.74, 6) is -1.18. The normalized spacial score (nSPS) is 12.3. The molecule has 0 saturated heterocycles. The van der Waals surface area contributed by atoms with Crippen LogP contribution in [0.4, 0.5) is 4.79 Å². The summed E-state index contributed by atoms with van der Waals surface area (Å²) < 4.78 is 5.31. The molecule has 0 bridgehead atoms. The lowest BCUT2D eigenvalue weighted by molar-refractivity contribution is -0.128. The third kappa shape index (κ3) is 7.41. The number of carbonyl (C=O) groups is 3. The standard InChI is InChI=1S/C30H29N3O4/c31-28(34)26(19-23-15-16-24-13-7-8-14-25(24)17-23)32-29(35)27(18-21-9-3-1-4-10-21)33-30(36)37-20-22-11-5-2-6-12-22/h1-17,26-27H,18-20H2,(H2,31,34)(H,32,35)(H,33,36)/t26-,27+/m0/s1. The highest BCUT2D eigenvalue weighted by atomic mass is 16.5. The summed E-state index contributed by atoms with van der Waals surface area (Å²) in [6, 6.07) is 30.3. The molecule has 0 aliphatic carbocycles. The Hall–Kier alpha value is -4.65. The molecule has 0 aromatic heterocycles. The first-order chi connectivity index (χ1) is 18.0. The molecule has 7 nitrogen and oxygen atoms in total. The first kappa shape index (κ1) is 25.4. The van der Waals surface area contributed by atoms with Crippen LogP contribution in [0.25, 0.3) is 10.8 Å². The number of carbonyl (C=O) groups excluding carboxylic acids is 3. The Morgan fingerprint density at radius 3 is 1.92 bits per heavy atom. The predicted molar refractivity (Wildman–Crippen MR) is 142 cm³/mol. The summed E-state index contributed by atoms with van der Waals surface area (Å²) in [5, 5.41) is 7.47. The van der Waals surface area contributed by atoms with Crippen LogP contribution in [0.2, 0.25) is 0 Å². The molecule has 0 heterocycles. The van der Waals surface area contributed by atoms with Crippen LogP contribution in [0.15, 0.2) is 103 Å². The molecule has 0 spiro atoms. The van der Waals surface area contributed by atoms with Gasteiger partial charge in [-0.3, -0.25) is 9.59 Å². The Morgan fingerprint density at radius 1 is 0.649 bits per heavy atom. The molecule has 3 amide bonds. The molecule has 4 aromatic carbocycles. The Bertz CT molecular complexity index is 1360. The molecule has 37 heavy (non-hydrogen) atoms. The van der Waals surface area contributed by atoms with Crippen LogP contribution < -0.4 is 16.4 Å². The minimum Gasteiger partial charge on any atom is -0.445 e. The average molecular weight is 496 g/mol. The minimum atomic E-state index is -0.968. The fraction of sp³-hybridized carbons (Fsp3) is 0.167. The van der Waals surface area contributed by atoms with E-state index in [1.807, 2.05) is 103 Å². The molecule has 0 aliphatic heterocycles. The number of primary amides is 1. The van der Waals surface area contributed by atoms with Gasteiger partial charge in [0.15, 0.2) is 0 Å². The van der Waals surface area contributed by atoms with Gasteiger partial charge in [0.25, 0.3) is 0 Å². The topological polar surface area (TPSA) is 111 Å². The summed E-state index contributed by atoms with van der Waals surface area (Å²) in [7, 11) is 0. The zero-order chi connectivity index (χ0) is 26.0. The SMILES string of the molecule is NC(=O)[C@H](Cc1ccc2ccccc2c1)NC(=O)[C@@H](Cc1ccccc1)NC(=O)OCc1ccccc1. The molecular weight excluding hydrogens is 466 g/mol. The number of ether oxygens (including phenoxy) is 1. The Kier molecular flexibility index (Phi) is 8.49. The van der Waals surface area contributed by atoms with Crippen molar-refractivity contribution in [2.75, 3.05) is 0 Å². The maximum absolute atomic E-state index is 13.3. The molecule has 2 atom stereocenters. The van der Waals surface area contributed by atoms with Gasteiger partial charge in [0, 0.05) is 12.8 Å². The molecule has 0 unspecified atom stereocenters. The summed E-state index contributed by atoms with van der Waals surface area (Å²) in [4.78, 5) is 38.1. The van der Waals surface area contributed by atoms with Gasteiger partial charge in [0.05, 0.1) is 0 Å². The molecule has 0 radical (unpaired) electrons. The van der Waals surface area contributed by atoms with Gasteiger partial charge in [-0.05, 0) is 27.5 Å². The van der Waals surface area contributed by atoms with Gasteiger partial charge < -0.3 is 21.1 Å². The third-order valence-electron chi connectivity index (χ3n) is 6.02. The smallest absolute Gasteiger partial charge is 0.408 e. The second-order valence-corrected chi connectivity index (χ2v) is 8.80. The van der Waals surface area contributed by atoms with Crippen molar-refractivity contribution in [3.8, 4) is 0 Å². The number of amides is 3. The van der Waals surface area contributed by atoms with Gasteiger partial charge in [-0.15, -0.1) is 0 Å². The fourth-order valence-corrected chi connectivity index (χ4v) is 4.06. The van der Waals surface area contributed by atoms with E-state index >= 15 is 0 Å². The molecule has 7 heteroatoms. The van der Waals surface area contributed by atoms with Crippen LogP contribution in [-0.4, -0.2) is 30.0 Å². The molecule has 188 valence electrons. The van der Waals surface area contributed by atoms with Crippen LogP contribution >= 0.6 is 0 Å². The second kappa shape index (κ2) is 12.4. The van der Waals surface area contributed by atoms with Gasteiger partial charge in [-0.2, -0.15) is 0 Å². The van der Waals surface area contributed by atoms with Crippen molar-refractivity contribution in [2.24, 2.45) is 5.73 Å². The third-order valence-corrected chi connectivity index (χ3v) is 6.02. The molecule has 0 saturated carbocycles. The number of rotatable bonds is 10. The number of fused-ring (bicyclic) bond motifs is 1. The zero-order valence-electron chi connectivity index (χ0n) is 20.3. The number of nitrogens with one attached hydrogen (secondary N) is 2. The van der Waals surface area contributed by atoms with Crippen LogP contribution in [0.1, 0.15) is 16.7 Å². The molecule has 4 rings (SSSR count). The van der Waals surface area contributed by atoms with Gasteiger partial charge in [-0.1, -0.05) is 103 Å². The molecular formula is C30H29N3O4. The first-order valence-electron chi connectivity index (χ1n) is 12.1.